The standard InChI is InChI=1S/C12H12N2O2S.HI/c1-15-8-3-6-4-10-11(14-12(13)17-10)7(6)5-9(8)16-2;/h3,5H,4H2,1-2H3,(H2,13,14);1H. The van der Waals surface area contributed by atoms with Crippen molar-refractivity contribution in [1.29, 1.82) is 0 Å². The van der Waals surface area contributed by atoms with Crippen molar-refractivity contribution in [2.75, 3.05) is 20.0 Å². The number of hydrogen-bond acceptors (Lipinski definition) is 5. The van der Waals surface area contributed by atoms with Crippen LogP contribution in [-0.2, 0) is 6.42 Å². The number of methoxy groups -OCH3 is 2. The van der Waals surface area contributed by atoms with Gasteiger partial charge < -0.3 is 15.2 Å². The van der Waals surface area contributed by atoms with Crippen LogP contribution in [0, 0.1) is 0 Å². The zero-order chi connectivity index (χ0) is 12.0. The molecule has 18 heavy (non-hydrogen) atoms. The number of fused-ring (bicyclic) bond motifs is 3. The first-order chi connectivity index (χ1) is 8.22. The van der Waals surface area contributed by atoms with E-state index in [1.807, 2.05) is 12.1 Å². The Balaban J connectivity index is 0.00000120. The quantitative estimate of drug-likeness (QED) is 0.699. The summed E-state index contributed by atoms with van der Waals surface area (Å²) in [4.78, 5) is 5.58. The van der Waals surface area contributed by atoms with E-state index in [2.05, 4.69) is 4.98 Å². The minimum absolute atomic E-state index is 0. The summed E-state index contributed by atoms with van der Waals surface area (Å²) >= 11 is 1.55. The first kappa shape index (κ1) is 13.4. The first-order valence-electron chi connectivity index (χ1n) is 5.23. The zero-order valence-electron chi connectivity index (χ0n) is 10.0. The molecule has 1 aromatic carbocycles. The number of aromatic nitrogens is 1. The zero-order valence-corrected chi connectivity index (χ0v) is 13.2. The third kappa shape index (κ3) is 1.93. The molecule has 0 bridgehead atoms. The van der Waals surface area contributed by atoms with Crippen LogP contribution in [-0.4, -0.2) is 19.2 Å². The van der Waals surface area contributed by atoms with Gasteiger partial charge in [0, 0.05) is 16.9 Å². The van der Waals surface area contributed by atoms with Gasteiger partial charge in [-0.2, -0.15) is 0 Å². The molecular formula is C12H13IN2O2S. The predicted molar refractivity (Wildman–Crippen MR) is 83.3 cm³/mol. The number of anilines is 1. The lowest BCUT2D eigenvalue weighted by Crippen LogP contribution is -1.93. The van der Waals surface area contributed by atoms with E-state index in [1.54, 1.807) is 25.6 Å². The minimum atomic E-state index is 0. The van der Waals surface area contributed by atoms with E-state index in [9.17, 15) is 0 Å². The molecule has 0 amide bonds. The number of rotatable bonds is 2. The van der Waals surface area contributed by atoms with Crippen molar-refractivity contribution in [2.24, 2.45) is 0 Å². The van der Waals surface area contributed by atoms with Crippen molar-refractivity contribution >= 4 is 40.4 Å². The fourth-order valence-electron chi connectivity index (χ4n) is 2.16. The van der Waals surface area contributed by atoms with Gasteiger partial charge in [-0.1, -0.05) is 0 Å². The summed E-state index contributed by atoms with van der Waals surface area (Å²) in [5.74, 6) is 1.49. The molecule has 1 aromatic heterocycles. The number of hydrogen-bond donors (Lipinski definition) is 1. The topological polar surface area (TPSA) is 57.4 Å². The van der Waals surface area contributed by atoms with Gasteiger partial charge in [0.2, 0.25) is 0 Å². The molecule has 0 aliphatic heterocycles. The van der Waals surface area contributed by atoms with Crippen LogP contribution in [0.25, 0.3) is 11.3 Å². The Morgan fingerprint density at radius 3 is 2.56 bits per heavy atom. The van der Waals surface area contributed by atoms with Gasteiger partial charge in [-0.05, 0) is 17.7 Å². The van der Waals surface area contributed by atoms with E-state index in [0.717, 1.165) is 29.2 Å². The average Bonchev–Trinajstić information content (AvgIpc) is 2.82. The van der Waals surface area contributed by atoms with Crippen molar-refractivity contribution in [2.45, 2.75) is 6.42 Å². The van der Waals surface area contributed by atoms with Crippen molar-refractivity contribution in [3.63, 3.8) is 0 Å². The van der Waals surface area contributed by atoms with Crippen LogP contribution in [0.15, 0.2) is 12.1 Å². The highest BCUT2D eigenvalue weighted by atomic mass is 127. The van der Waals surface area contributed by atoms with E-state index < -0.39 is 0 Å². The molecule has 0 radical (unpaired) electrons. The molecular weight excluding hydrogens is 363 g/mol. The van der Waals surface area contributed by atoms with Gasteiger partial charge >= 0.3 is 0 Å². The van der Waals surface area contributed by atoms with Crippen molar-refractivity contribution < 1.29 is 9.47 Å². The first-order valence-corrected chi connectivity index (χ1v) is 6.05. The number of nitrogens with zero attached hydrogens (tertiary/aromatic N) is 1. The summed E-state index contributed by atoms with van der Waals surface area (Å²) in [6, 6.07) is 3.98. The average molecular weight is 376 g/mol. The maximum absolute atomic E-state index is 5.72. The molecule has 2 aromatic rings. The number of ether oxygens (including phenoxy) is 2. The summed E-state index contributed by atoms with van der Waals surface area (Å²) in [5.41, 5.74) is 9.03. The monoisotopic (exact) mass is 376 g/mol. The molecule has 1 heterocycles. The van der Waals surface area contributed by atoms with E-state index in [4.69, 9.17) is 15.2 Å². The van der Waals surface area contributed by atoms with Gasteiger partial charge in [0.15, 0.2) is 16.6 Å². The summed E-state index contributed by atoms with van der Waals surface area (Å²) in [7, 11) is 3.28. The van der Waals surface area contributed by atoms with Gasteiger partial charge in [0.25, 0.3) is 0 Å². The van der Waals surface area contributed by atoms with Crippen molar-refractivity contribution in [3.05, 3.63) is 22.6 Å². The molecule has 0 atom stereocenters. The molecule has 3 rings (SSSR count). The lowest BCUT2D eigenvalue weighted by Gasteiger charge is -2.09. The van der Waals surface area contributed by atoms with E-state index >= 15 is 0 Å². The SMILES string of the molecule is COc1cc2c(cc1OC)-c1nc(N)sc1C2.I. The minimum Gasteiger partial charge on any atom is -0.493 e. The third-order valence-corrected chi connectivity index (χ3v) is 3.81. The molecule has 96 valence electrons. The number of nitrogen functional groups attached to an aromatic ring is 1. The van der Waals surface area contributed by atoms with Crippen LogP contribution >= 0.6 is 35.3 Å². The molecule has 0 unspecified atom stereocenters. The number of nitrogens with two attached hydrogens (primary N) is 1. The Kier molecular flexibility index (Phi) is 3.67. The van der Waals surface area contributed by atoms with Gasteiger partial charge in [-0.15, -0.1) is 35.3 Å². The summed E-state index contributed by atoms with van der Waals surface area (Å²) < 4.78 is 10.6. The Morgan fingerprint density at radius 2 is 1.89 bits per heavy atom. The second-order valence-electron chi connectivity index (χ2n) is 3.87. The predicted octanol–water partition coefficient (Wildman–Crippen LogP) is 2.93. The fraction of sp³-hybridized carbons (Fsp3) is 0.250. The maximum atomic E-state index is 5.72. The van der Waals surface area contributed by atoms with Crippen molar-refractivity contribution in [3.8, 4) is 22.8 Å². The maximum Gasteiger partial charge on any atom is 0.180 e. The van der Waals surface area contributed by atoms with Crippen LogP contribution in [0.5, 0.6) is 11.5 Å². The van der Waals surface area contributed by atoms with Crippen LogP contribution in [0.2, 0.25) is 0 Å². The molecule has 0 saturated carbocycles. The second-order valence-corrected chi connectivity index (χ2v) is 4.98. The Labute approximate surface area is 126 Å². The Morgan fingerprint density at radius 1 is 1.22 bits per heavy atom. The number of thiazole rings is 1. The number of benzene rings is 1. The lowest BCUT2D eigenvalue weighted by atomic mass is 10.1. The summed E-state index contributed by atoms with van der Waals surface area (Å²) in [6.45, 7) is 0. The van der Waals surface area contributed by atoms with Crippen LogP contribution in [0.4, 0.5) is 5.13 Å². The van der Waals surface area contributed by atoms with Crippen LogP contribution in [0.1, 0.15) is 10.4 Å². The van der Waals surface area contributed by atoms with Gasteiger partial charge in [0.1, 0.15) is 0 Å². The van der Waals surface area contributed by atoms with E-state index in [1.165, 1.54) is 10.4 Å². The molecule has 6 heteroatoms. The Bertz CT molecular complexity index is 598. The molecule has 0 spiro atoms. The molecule has 0 fully saturated rings. The lowest BCUT2D eigenvalue weighted by molar-refractivity contribution is 0.355. The smallest absolute Gasteiger partial charge is 0.180 e. The normalized spacial score (nSPS) is 11.4. The third-order valence-electron chi connectivity index (χ3n) is 2.93. The van der Waals surface area contributed by atoms with Crippen LogP contribution < -0.4 is 15.2 Å². The molecule has 1 aliphatic carbocycles. The van der Waals surface area contributed by atoms with Crippen molar-refractivity contribution in [1.82, 2.24) is 4.98 Å². The molecule has 4 nitrogen and oxygen atoms in total. The highest BCUT2D eigenvalue weighted by Gasteiger charge is 2.25. The second kappa shape index (κ2) is 4.93. The fourth-order valence-corrected chi connectivity index (χ4v) is 3.03. The summed E-state index contributed by atoms with van der Waals surface area (Å²) in [6.07, 6.45) is 0.875. The summed E-state index contributed by atoms with van der Waals surface area (Å²) in [5, 5.41) is 0.621. The largest absolute Gasteiger partial charge is 0.493 e. The Hall–Kier alpha value is -1.02. The van der Waals surface area contributed by atoms with E-state index in [-0.39, 0.29) is 24.0 Å². The highest BCUT2D eigenvalue weighted by Crippen LogP contribution is 2.44. The van der Waals surface area contributed by atoms with Gasteiger partial charge in [-0.3, -0.25) is 0 Å². The molecule has 2 N–H and O–H groups in total. The van der Waals surface area contributed by atoms with Gasteiger partial charge in [0.05, 0.1) is 19.9 Å². The van der Waals surface area contributed by atoms with Gasteiger partial charge in [-0.25, -0.2) is 4.98 Å². The molecule has 0 saturated heterocycles. The number of halogens is 1. The molecule has 1 aliphatic rings. The van der Waals surface area contributed by atoms with E-state index in [0.29, 0.717) is 5.13 Å². The highest BCUT2D eigenvalue weighted by molar-refractivity contribution is 14.0. The van der Waals surface area contributed by atoms with Crippen LogP contribution in [0.3, 0.4) is 0 Å².